The molecule has 0 radical (unpaired) electrons. The van der Waals surface area contributed by atoms with Gasteiger partial charge < -0.3 is 5.11 Å². The van der Waals surface area contributed by atoms with Crippen LogP contribution in [0.5, 0.6) is 0 Å². The summed E-state index contributed by atoms with van der Waals surface area (Å²) in [5.41, 5.74) is 1.71. The lowest BCUT2D eigenvalue weighted by atomic mass is 9.93. The number of hydrogen-bond donors (Lipinski definition) is 1. The number of benzene rings is 2. The van der Waals surface area contributed by atoms with Crippen LogP contribution in [0.3, 0.4) is 0 Å². The largest absolute Gasteiger partial charge is 0.417 e. The van der Waals surface area contributed by atoms with Crippen LogP contribution in [0.25, 0.3) is 11.1 Å². The lowest BCUT2D eigenvalue weighted by molar-refractivity contribution is -0.137. The Labute approximate surface area is 114 Å². The van der Waals surface area contributed by atoms with E-state index >= 15 is 0 Å². The molecule has 1 aliphatic rings. The van der Waals surface area contributed by atoms with Crippen LogP contribution in [0.4, 0.5) is 13.2 Å². The predicted molar refractivity (Wildman–Crippen MR) is 70.2 cm³/mol. The minimum Gasteiger partial charge on any atom is -0.388 e. The Morgan fingerprint density at radius 3 is 2.40 bits per heavy atom. The SMILES string of the molecule is OC1CCc2c(-c3ccccc3C(F)(F)F)cccc21. The first-order valence-corrected chi connectivity index (χ1v) is 6.45. The first-order chi connectivity index (χ1) is 9.48. The third-order valence-electron chi connectivity index (χ3n) is 3.76. The topological polar surface area (TPSA) is 20.2 Å². The molecule has 0 spiro atoms. The molecular weight excluding hydrogens is 265 g/mol. The van der Waals surface area contributed by atoms with Crippen molar-refractivity contribution in [3.8, 4) is 11.1 Å². The van der Waals surface area contributed by atoms with Crippen molar-refractivity contribution < 1.29 is 18.3 Å². The Morgan fingerprint density at radius 2 is 1.65 bits per heavy atom. The zero-order valence-corrected chi connectivity index (χ0v) is 10.6. The van der Waals surface area contributed by atoms with E-state index in [1.165, 1.54) is 12.1 Å². The fraction of sp³-hybridized carbons (Fsp3) is 0.250. The summed E-state index contributed by atoms with van der Waals surface area (Å²) < 4.78 is 39.3. The van der Waals surface area contributed by atoms with Gasteiger partial charge >= 0.3 is 6.18 Å². The average Bonchev–Trinajstić information content (AvgIpc) is 2.80. The second-order valence-electron chi connectivity index (χ2n) is 4.97. The van der Waals surface area contributed by atoms with E-state index < -0.39 is 17.8 Å². The quantitative estimate of drug-likeness (QED) is 0.822. The van der Waals surface area contributed by atoms with Gasteiger partial charge in [0.1, 0.15) is 0 Å². The Bertz CT molecular complexity index is 646. The highest BCUT2D eigenvalue weighted by Crippen LogP contribution is 2.42. The lowest BCUT2D eigenvalue weighted by Gasteiger charge is -2.15. The normalized spacial score (nSPS) is 18.1. The van der Waals surface area contributed by atoms with Crippen LogP contribution in [0.15, 0.2) is 42.5 Å². The van der Waals surface area contributed by atoms with Crippen molar-refractivity contribution in [1.29, 1.82) is 0 Å². The van der Waals surface area contributed by atoms with E-state index in [2.05, 4.69) is 0 Å². The summed E-state index contributed by atoms with van der Waals surface area (Å²) in [4.78, 5) is 0. The van der Waals surface area contributed by atoms with Gasteiger partial charge in [0.2, 0.25) is 0 Å². The number of alkyl halides is 3. The number of aliphatic hydroxyl groups excluding tert-OH is 1. The Morgan fingerprint density at radius 1 is 0.950 bits per heavy atom. The first-order valence-electron chi connectivity index (χ1n) is 6.45. The van der Waals surface area contributed by atoms with Crippen LogP contribution in [0.2, 0.25) is 0 Å². The molecule has 3 rings (SSSR count). The Hall–Kier alpha value is -1.81. The number of rotatable bonds is 1. The van der Waals surface area contributed by atoms with E-state index in [1.807, 2.05) is 0 Å². The van der Waals surface area contributed by atoms with Gasteiger partial charge in [-0.1, -0.05) is 36.4 Å². The minimum absolute atomic E-state index is 0.186. The third kappa shape index (κ3) is 2.10. The van der Waals surface area contributed by atoms with Gasteiger partial charge in [-0.05, 0) is 41.2 Å². The zero-order chi connectivity index (χ0) is 14.3. The van der Waals surface area contributed by atoms with Gasteiger partial charge in [0, 0.05) is 0 Å². The molecule has 2 aromatic rings. The van der Waals surface area contributed by atoms with Crippen molar-refractivity contribution in [2.24, 2.45) is 0 Å². The summed E-state index contributed by atoms with van der Waals surface area (Å²) in [5, 5.41) is 9.86. The van der Waals surface area contributed by atoms with Gasteiger partial charge in [0.25, 0.3) is 0 Å². The van der Waals surface area contributed by atoms with Gasteiger partial charge in [0.15, 0.2) is 0 Å². The second kappa shape index (κ2) is 4.63. The minimum atomic E-state index is -4.38. The van der Waals surface area contributed by atoms with Crippen molar-refractivity contribution >= 4 is 0 Å². The van der Waals surface area contributed by atoms with Gasteiger partial charge in [-0.15, -0.1) is 0 Å². The highest BCUT2D eigenvalue weighted by atomic mass is 19.4. The molecule has 4 heteroatoms. The number of fused-ring (bicyclic) bond motifs is 1. The maximum absolute atomic E-state index is 13.1. The fourth-order valence-corrected chi connectivity index (χ4v) is 2.85. The summed E-state index contributed by atoms with van der Waals surface area (Å²) in [6, 6.07) is 10.8. The maximum Gasteiger partial charge on any atom is 0.417 e. The van der Waals surface area contributed by atoms with Crippen LogP contribution < -0.4 is 0 Å². The molecule has 1 aliphatic carbocycles. The maximum atomic E-state index is 13.1. The summed E-state index contributed by atoms with van der Waals surface area (Å²) in [6.45, 7) is 0. The van der Waals surface area contributed by atoms with Crippen LogP contribution >= 0.6 is 0 Å². The summed E-state index contributed by atoms with van der Waals surface area (Å²) in [7, 11) is 0. The summed E-state index contributed by atoms with van der Waals surface area (Å²) >= 11 is 0. The van der Waals surface area contributed by atoms with Crippen molar-refractivity contribution in [1.82, 2.24) is 0 Å². The molecular formula is C16H13F3O. The molecule has 0 bridgehead atoms. The van der Waals surface area contributed by atoms with E-state index in [0.717, 1.165) is 17.2 Å². The number of hydrogen-bond acceptors (Lipinski definition) is 1. The molecule has 1 N–H and O–H groups in total. The van der Waals surface area contributed by atoms with Gasteiger partial charge in [-0.2, -0.15) is 13.2 Å². The number of aliphatic hydroxyl groups is 1. The molecule has 1 atom stereocenters. The molecule has 2 aromatic carbocycles. The molecule has 104 valence electrons. The molecule has 1 unspecified atom stereocenters. The van der Waals surface area contributed by atoms with E-state index in [1.54, 1.807) is 24.3 Å². The molecule has 0 fully saturated rings. The van der Waals surface area contributed by atoms with Gasteiger partial charge in [0.05, 0.1) is 11.7 Å². The fourth-order valence-electron chi connectivity index (χ4n) is 2.85. The van der Waals surface area contributed by atoms with Crippen molar-refractivity contribution in [2.45, 2.75) is 25.1 Å². The lowest BCUT2D eigenvalue weighted by Crippen LogP contribution is -2.07. The third-order valence-corrected chi connectivity index (χ3v) is 3.76. The van der Waals surface area contributed by atoms with E-state index in [0.29, 0.717) is 18.4 Å². The smallest absolute Gasteiger partial charge is 0.388 e. The summed E-state index contributed by atoms with van der Waals surface area (Å²) in [6.07, 6.45) is -3.77. The van der Waals surface area contributed by atoms with Crippen LogP contribution in [-0.4, -0.2) is 5.11 Å². The Balaban J connectivity index is 2.21. The monoisotopic (exact) mass is 278 g/mol. The first kappa shape index (κ1) is 13.2. The van der Waals surface area contributed by atoms with E-state index in [9.17, 15) is 18.3 Å². The molecule has 0 aliphatic heterocycles. The molecule has 0 amide bonds. The van der Waals surface area contributed by atoms with E-state index in [4.69, 9.17) is 0 Å². The Kier molecular flexibility index (Phi) is 3.05. The average molecular weight is 278 g/mol. The zero-order valence-electron chi connectivity index (χ0n) is 10.6. The van der Waals surface area contributed by atoms with Crippen LogP contribution in [-0.2, 0) is 12.6 Å². The molecule has 0 heterocycles. The predicted octanol–water partition coefficient (Wildman–Crippen LogP) is 4.35. The van der Waals surface area contributed by atoms with Gasteiger partial charge in [-0.25, -0.2) is 0 Å². The van der Waals surface area contributed by atoms with Crippen LogP contribution in [0, 0.1) is 0 Å². The van der Waals surface area contributed by atoms with Crippen LogP contribution in [0.1, 0.15) is 29.2 Å². The number of halogens is 3. The highest BCUT2D eigenvalue weighted by molar-refractivity contribution is 5.73. The van der Waals surface area contributed by atoms with Gasteiger partial charge in [-0.3, -0.25) is 0 Å². The molecule has 0 saturated carbocycles. The van der Waals surface area contributed by atoms with E-state index in [-0.39, 0.29) is 5.56 Å². The van der Waals surface area contributed by atoms with Crippen molar-refractivity contribution in [3.63, 3.8) is 0 Å². The summed E-state index contributed by atoms with van der Waals surface area (Å²) in [5.74, 6) is 0. The molecule has 0 aromatic heterocycles. The molecule has 20 heavy (non-hydrogen) atoms. The second-order valence-corrected chi connectivity index (χ2v) is 4.97. The van der Waals surface area contributed by atoms with Crippen molar-refractivity contribution in [2.75, 3.05) is 0 Å². The van der Waals surface area contributed by atoms with Crippen molar-refractivity contribution in [3.05, 3.63) is 59.2 Å². The highest BCUT2D eigenvalue weighted by Gasteiger charge is 2.34. The standard InChI is InChI=1S/C16H13F3O/c17-16(18,19)14-7-2-1-4-12(14)10-5-3-6-13-11(10)8-9-15(13)20/h1-7,15,20H,8-9H2. The molecule has 1 nitrogen and oxygen atoms in total. The molecule has 0 saturated heterocycles.